The van der Waals surface area contributed by atoms with Crippen LogP contribution in [0.25, 0.3) is 0 Å². The van der Waals surface area contributed by atoms with Gasteiger partial charge in [0.2, 0.25) is 0 Å². The molecule has 0 fully saturated rings. The number of nitrogens with zero attached hydrogens (tertiary/aromatic N) is 1. The van der Waals surface area contributed by atoms with Crippen molar-refractivity contribution in [2.45, 2.75) is 19.1 Å². The normalized spacial score (nSPS) is 13.8. The molecule has 2 atom stereocenters. The number of hydrogen-bond acceptors (Lipinski definition) is 4. The molecule has 0 aliphatic carbocycles. The van der Waals surface area contributed by atoms with Gasteiger partial charge in [-0.05, 0) is 24.6 Å². The van der Waals surface area contributed by atoms with Crippen molar-refractivity contribution in [1.82, 2.24) is 10.3 Å². The molecule has 0 unspecified atom stereocenters. The summed E-state index contributed by atoms with van der Waals surface area (Å²) >= 11 is 1.33. The molecule has 1 heterocycles. The van der Waals surface area contributed by atoms with Crippen LogP contribution in [0, 0.1) is 5.82 Å². The summed E-state index contributed by atoms with van der Waals surface area (Å²) in [5, 5.41) is 14.4. The predicted octanol–water partition coefficient (Wildman–Crippen LogP) is 2.13. The van der Waals surface area contributed by atoms with Crippen LogP contribution in [-0.2, 0) is 0 Å². The number of carbonyl (C=O) groups excluding carboxylic acids is 1. The van der Waals surface area contributed by atoms with Crippen LogP contribution in [0.15, 0.2) is 35.2 Å². The Morgan fingerprint density at radius 1 is 1.42 bits per heavy atom. The van der Waals surface area contributed by atoms with Gasteiger partial charge in [-0.3, -0.25) is 4.79 Å². The predicted molar refractivity (Wildman–Crippen MR) is 70.4 cm³/mol. The first kappa shape index (κ1) is 13.6. The number of aliphatic hydroxyl groups excluding tert-OH is 1. The lowest BCUT2D eigenvalue weighted by Gasteiger charge is -2.20. The smallest absolute Gasteiger partial charge is 0.271 e. The first-order valence-corrected chi connectivity index (χ1v) is 6.65. The third-order valence-electron chi connectivity index (χ3n) is 2.71. The monoisotopic (exact) mass is 280 g/mol. The summed E-state index contributed by atoms with van der Waals surface area (Å²) in [5.74, 6) is -0.704. The van der Waals surface area contributed by atoms with Crippen molar-refractivity contribution in [3.63, 3.8) is 0 Å². The van der Waals surface area contributed by atoms with E-state index in [1.807, 2.05) is 0 Å². The fraction of sp³-hybridized carbons (Fsp3) is 0.231. The van der Waals surface area contributed by atoms with E-state index in [1.54, 1.807) is 17.8 Å². The molecular formula is C13H13FN2O2S. The molecule has 4 nitrogen and oxygen atoms in total. The van der Waals surface area contributed by atoms with Gasteiger partial charge in [-0.2, -0.15) is 0 Å². The van der Waals surface area contributed by atoms with Gasteiger partial charge in [-0.25, -0.2) is 9.37 Å². The topological polar surface area (TPSA) is 62.2 Å². The minimum Gasteiger partial charge on any atom is -0.386 e. The SMILES string of the molecule is C[C@@H](NC(=O)c1cscn1)[C@@H](O)c1ccc(F)cc1. The van der Waals surface area contributed by atoms with E-state index in [-0.39, 0.29) is 11.7 Å². The molecule has 2 N–H and O–H groups in total. The van der Waals surface area contributed by atoms with E-state index in [9.17, 15) is 14.3 Å². The van der Waals surface area contributed by atoms with Gasteiger partial charge in [-0.15, -0.1) is 11.3 Å². The molecule has 2 aromatic rings. The highest BCUT2D eigenvalue weighted by molar-refractivity contribution is 7.07. The molecule has 19 heavy (non-hydrogen) atoms. The maximum Gasteiger partial charge on any atom is 0.271 e. The standard InChI is InChI=1S/C13H13FN2O2S/c1-8(16-13(18)11-6-19-7-15-11)12(17)9-2-4-10(14)5-3-9/h2-8,12,17H,1H3,(H,16,18)/t8-,12-/m1/s1. The first-order chi connectivity index (χ1) is 9.08. The van der Waals surface area contributed by atoms with Crippen LogP contribution in [0.1, 0.15) is 29.1 Å². The van der Waals surface area contributed by atoms with E-state index >= 15 is 0 Å². The van der Waals surface area contributed by atoms with Crippen LogP contribution in [0.3, 0.4) is 0 Å². The van der Waals surface area contributed by atoms with Crippen LogP contribution >= 0.6 is 11.3 Å². The number of hydrogen-bond donors (Lipinski definition) is 2. The summed E-state index contributed by atoms with van der Waals surface area (Å²) in [7, 11) is 0. The average molecular weight is 280 g/mol. The van der Waals surface area contributed by atoms with Gasteiger partial charge in [0.25, 0.3) is 5.91 Å². The fourth-order valence-electron chi connectivity index (χ4n) is 1.63. The minimum atomic E-state index is -0.900. The Morgan fingerprint density at radius 2 is 2.11 bits per heavy atom. The number of halogens is 1. The van der Waals surface area contributed by atoms with Crippen molar-refractivity contribution < 1.29 is 14.3 Å². The van der Waals surface area contributed by atoms with Gasteiger partial charge < -0.3 is 10.4 Å². The molecule has 0 saturated carbocycles. The third-order valence-corrected chi connectivity index (χ3v) is 3.30. The Hall–Kier alpha value is -1.79. The van der Waals surface area contributed by atoms with Crippen molar-refractivity contribution >= 4 is 17.2 Å². The summed E-state index contributed by atoms with van der Waals surface area (Å²) in [6.45, 7) is 1.68. The van der Waals surface area contributed by atoms with Crippen molar-refractivity contribution in [3.05, 3.63) is 52.2 Å². The van der Waals surface area contributed by atoms with E-state index in [1.165, 1.54) is 35.6 Å². The van der Waals surface area contributed by atoms with Crippen molar-refractivity contribution in [2.75, 3.05) is 0 Å². The number of carbonyl (C=O) groups is 1. The molecule has 0 aliphatic heterocycles. The van der Waals surface area contributed by atoms with Crippen molar-refractivity contribution in [1.29, 1.82) is 0 Å². The minimum absolute atomic E-state index is 0.322. The first-order valence-electron chi connectivity index (χ1n) is 5.70. The van der Waals surface area contributed by atoms with E-state index in [0.29, 0.717) is 11.3 Å². The fourth-order valence-corrected chi connectivity index (χ4v) is 2.17. The number of benzene rings is 1. The largest absolute Gasteiger partial charge is 0.386 e. The van der Waals surface area contributed by atoms with Gasteiger partial charge in [0.1, 0.15) is 11.5 Å². The lowest BCUT2D eigenvalue weighted by Crippen LogP contribution is -2.37. The van der Waals surface area contributed by atoms with Crippen LogP contribution in [0.5, 0.6) is 0 Å². The summed E-state index contributed by atoms with van der Waals surface area (Å²) in [5.41, 5.74) is 2.44. The lowest BCUT2D eigenvalue weighted by molar-refractivity contribution is 0.0848. The number of amides is 1. The zero-order valence-corrected chi connectivity index (χ0v) is 11.0. The summed E-state index contributed by atoms with van der Waals surface area (Å²) in [4.78, 5) is 15.7. The number of nitrogens with one attached hydrogen (secondary N) is 1. The van der Waals surface area contributed by atoms with Crippen LogP contribution < -0.4 is 5.32 Å². The van der Waals surface area contributed by atoms with Crippen LogP contribution in [0.2, 0.25) is 0 Å². The van der Waals surface area contributed by atoms with E-state index in [2.05, 4.69) is 10.3 Å². The van der Waals surface area contributed by atoms with Crippen molar-refractivity contribution in [2.24, 2.45) is 0 Å². The Morgan fingerprint density at radius 3 is 2.68 bits per heavy atom. The Labute approximate surface area is 113 Å². The molecule has 0 aliphatic rings. The summed E-state index contributed by atoms with van der Waals surface area (Å²) in [6, 6.07) is 5.03. The highest BCUT2D eigenvalue weighted by Gasteiger charge is 2.19. The third kappa shape index (κ3) is 3.36. The number of thiazole rings is 1. The molecule has 1 aromatic carbocycles. The molecule has 0 saturated heterocycles. The number of aliphatic hydroxyl groups is 1. The maximum atomic E-state index is 12.8. The highest BCUT2D eigenvalue weighted by Crippen LogP contribution is 2.17. The Bertz CT molecular complexity index is 542. The molecule has 2 rings (SSSR count). The van der Waals surface area contributed by atoms with Gasteiger partial charge in [0, 0.05) is 5.38 Å². The van der Waals surface area contributed by atoms with Gasteiger partial charge in [0.05, 0.1) is 17.7 Å². The quantitative estimate of drug-likeness (QED) is 0.902. The second-order valence-corrected chi connectivity index (χ2v) is 4.85. The molecule has 0 radical (unpaired) electrons. The number of rotatable bonds is 4. The second-order valence-electron chi connectivity index (χ2n) is 4.13. The molecular weight excluding hydrogens is 267 g/mol. The summed E-state index contributed by atoms with van der Waals surface area (Å²) < 4.78 is 12.8. The van der Waals surface area contributed by atoms with Gasteiger partial charge in [0.15, 0.2) is 0 Å². The van der Waals surface area contributed by atoms with Crippen LogP contribution in [-0.4, -0.2) is 22.0 Å². The lowest BCUT2D eigenvalue weighted by atomic mass is 10.0. The molecule has 1 aromatic heterocycles. The van der Waals surface area contributed by atoms with E-state index in [4.69, 9.17) is 0 Å². The maximum absolute atomic E-state index is 12.8. The molecule has 6 heteroatoms. The second kappa shape index (κ2) is 5.90. The Balaban J connectivity index is 2.01. The molecule has 100 valence electrons. The van der Waals surface area contributed by atoms with E-state index in [0.717, 1.165) is 0 Å². The van der Waals surface area contributed by atoms with Crippen LogP contribution in [0.4, 0.5) is 4.39 Å². The van der Waals surface area contributed by atoms with Gasteiger partial charge >= 0.3 is 0 Å². The molecule has 0 bridgehead atoms. The summed E-state index contributed by atoms with van der Waals surface area (Å²) in [6.07, 6.45) is -0.900. The zero-order valence-electron chi connectivity index (χ0n) is 10.2. The Kier molecular flexibility index (Phi) is 4.24. The average Bonchev–Trinajstić information content (AvgIpc) is 2.92. The number of aromatic nitrogens is 1. The molecule has 1 amide bonds. The molecule has 0 spiro atoms. The van der Waals surface area contributed by atoms with Crippen molar-refractivity contribution in [3.8, 4) is 0 Å². The van der Waals surface area contributed by atoms with E-state index < -0.39 is 12.1 Å². The van der Waals surface area contributed by atoms with Gasteiger partial charge in [-0.1, -0.05) is 12.1 Å². The highest BCUT2D eigenvalue weighted by atomic mass is 32.1. The zero-order chi connectivity index (χ0) is 13.8.